The predicted molar refractivity (Wildman–Crippen MR) is 76.0 cm³/mol. The molecule has 1 fully saturated rings. The van der Waals surface area contributed by atoms with Crippen LogP contribution in [0.3, 0.4) is 0 Å². The molecule has 3 nitrogen and oxygen atoms in total. The molecule has 0 bridgehead atoms. The van der Waals surface area contributed by atoms with Gasteiger partial charge in [0.05, 0.1) is 5.69 Å². The van der Waals surface area contributed by atoms with E-state index < -0.39 is 0 Å². The molecule has 1 aromatic heterocycles. The van der Waals surface area contributed by atoms with Crippen molar-refractivity contribution in [3.8, 4) is 11.3 Å². The average Bonchev–Trinajstić information content (AvgIpc) is 2.86. The van der Waals surface area contributed by atoms with Crippen molar-refractivity contribution in [2.75, 3.05) is 0 Å². The Bertz CT molecular complexity index is 618. The standard InChI is InChI=1S/C16H18N2O/c1-11-7-8-13(9-11)16-17-14(10-15(19)18-16)12-5-3-2-4-6-12/h2-6,10-11,13H,7-9H2,1H3,(H,17,18,19). The average molecular weight is 254 g/mol. The highest BCUT2D eigenvalue weighted by atomic mass is 16.1. The Labute approximate surface area is 112 Å². The van der Waals surface area contributed by atoms with Crippen LogP contribution in [0.15, 0.2) is 41.2 Å². The fourth-order valence-electron chi connectivity index (χ4n) is 2.88. The lowest BCUT2D eigenvalue weighted by molar-refractivity contribution is 0.584. The van der Waals surface area contributed by atoms with E-state index in [0.717, 1.165) is 35.8 Å². The molecule has 3 rings (SSSR count). The van der Waals surface area contributed by atoms with Crippen LogP contribution in [0.5, 0.6) is 0 Å². The predicted octanol–water partition coefficient (Wildman–Crippen LogP) is 3.34. The maximum absolute atomic E-state index is 11.8. The lowest BCUT2D eigenvalue weighted by Gasteiger charge is -2.10. The normalized spacial score (nSPS) is 22.6. The number of aromatic nitrogens is 2. The van der Waals surface area contributed by atoms with Gasteiger partial charge in [-0.15, -0.1) is 0 Å². The van der Waals surface area contributed by atoms with E-state index in [1.165, 1.54) is 6.42 Å². The number of aromatic amines is 1. The molecule has 0 amide bonds. The first-order valence-electron chi connectivity index (χ1n) is 6.89. The summed E-state index contributed by atoms with van der Waals surface area (Å²) in [4.78, 5) is 19.4. The molecule has 3 heteroatoms. The number of nitrogens with zero attached hydrogens (tertiary/aromatic N) is 1. The van der Waals surface area contributed by atoms with E-state index in [1.807, 2.05) is 30.3 Å². The monoisotopic (exact) mass is 254 g/mol. The van der Waals surface area contributed by atoms with E-state index in [-0.39, 0.29) is 5.56 Å². The van der Waals surface area contributed by atoms with Crippen molar-refractivity contribution in [2.45, 2.75) is 32.1 Å². The van der Waals surface area contributed by atoms with Crippen molar-refractivity contribution in [3.63, 3.8) is 0 Å². The fraction of sp³-hybridized carbons (Fsp3) is 0.375. The first-order chi connectivity index (χ1) is 9.22. The van der Waals surface area contributed by atoms with Gasteiger partial charge in [0.25, 0.3) is 5.56 Å². The van der Waals surface area contributed by atoms with E-state index in [1.54, 1.807) is 6.07 Å². The van der Waals surface area contributed by atoms with Gasteiger partial charge in [0, 0.05) is 17.5 Å². The van der Waals surface area contributed by atoms with Crippen molar-refractivity contribution in [3.05, 3.63) is 52.6 Å². The third-order valence-corrected chi connectivity index (χ3v) is 3.91. The highest BCUT2D eigenvalue weighted by Crippen LogP contribution is 2.36. The summed E-state index contributed by atoms with van der Waals surface area (Å²) in [6, 6.07) is 11.5. The third kappa shape index (κ3) is 2.60. The molecule has 19 heavy (non-hydrogen) atoms. The maximum atomic E-state index is 11.8. The number of nitrogens with one attached hydrogen (secondary N) is 1. The van der Waals surface area contributed by atoms with Crippen LogP contribution in [0.1, 0.15) is 37.9 Å². The van der Waals surface area contributed by atoms with Crippen LogP contribution in [-0.2, 0) is 0 Å². The Morgan fingerprint density at radius 2 is 2.00 bits per heavy atom. The van der Waals surface area contributed by atoms with Crippen LogP contribution in [-0.4, -0.2) is 9.97 Å². The number of hydrogen-bond donors (Lipinski definition) is 1. The summed E-state index contributed by atoms with van der Waals surface area (Å²) in [7, 11) is 0. The first kappa shape index (κ1) is 12.2. The molecule has 0 aliphatic heterocycles. The third-order valence-electron chi connectivity index (χ3n) is 3.91. The Morgan fingerprint density at radius 3 is 2.68 bits per heavy atom. The van der Waals surface area contributed by atoms with E-state index in [4.69, 9.17) is 0 Å². The number of rotatable bonds is 2. The summed E-state index contributed by atoms with van der Waals surface area (Å²) in [5, 5.41) is 0. The molecule has 0 spiro atoms. The van der Waals surface area contributed by atoms with Gasteiger partial charge >= 0.3 is 0 Å². The van der Waals surface area contributed by atoms with Crippen LogP contribution < -0.4 is 5.56 Å². The SMILES string of the molecule is CC1CCC(c2nc(-c3ccccc3)cc(=O)[nH]2)C1. The van der Waals surface area contributed by atoms with Crippen molar-refractivity contribution < 1.29 is 0 Å². The Balaban J connectivity index is 1.99. The second-order valence-corrected chi connectivity index (χ2v) is 5.50. The minimum atomic E-state index is -0.0524. The van der Waals surface area contributed by atoms with Crippen LogP contribution in [0, 0.1) is 5.92 Å². The number of hydrogen-bond acceptors (Lipinski definition) is 2. The summed E-state index contributed by atoms with van der Waals surface area (Å²) in [5.74, 6) is 2.00. The fourth-order valence-corrected chi connectivity index (χ4v) is 2.88. The molecule has 2 unspecified atom stereocenters. The van der Waals surface area contributed by atoms with Crippen LogP contribution >= 0.6 is 0 Å². The maximum Gasteiger partial charge on any atom is 0.251 e. The van der Waals surface area contributed by atoms with Gasteiger partial charge in [-0.25, -0.2) is 4.98 Å². The van der Waals surface area contributed by atoms with Gasteiger partial charge in [-0.3, -0.25) is 4.79 Å². The van der Waals surface area contributed by atoms with Crippen molar-refractivity contribution in [1.29, 1.82) is 0 Å². The van der Waals surface area contributed by atoms with E-state index in [2.05, 4.69) is 16.9 Å². The molecular formula is C16H18N2O. The molecule has 1 aliphatic carbocycles. The molecule has 0 saturated heterocycles. The van der Waals surface area contributed by atoms with Crippen molar-refractivity contribution in [1.82, 2.24) is 9.97 Å². The van der Waals surface area contributed by atoms with Gasteiger partial charge in [-0.05, 0) is 25.2 Å². The Hall–Kier alpha value is -1.90. The Kier molecular flexibility index (Phi) is 3.20. The zero-order chi connectivity index (χ0) is 13.2. The van der Waals surface area contributed by atoms with Gasteiger partial charge in [0.2, 0.25) is 0 Å². The molecule has 1 aliphatic rings. The topological polar surface area (TPSA) is 45.8 Å². The zero-order valence-electron chi connectivity index (χ0n) is 11.1. The molecule has 1 N–H and O–H groups in total. The van der Waals surface area contributed by atoms with E-state index in [0.29, 0.717) is 5.92 Å². The van der Waals surface area contributed by atoms with Crippen molar-refractivity contribution >= 4 is 0 Å². The summed E-state index contributed by atoms with van der Waals surface area (Å²) in [5.41, 5.74) is 1.73. The number of H-pyrrole nitrogens is 1. The van der Waals surface area contributed by atoms with Gasteiger partial charge in [0.1, 0.15) is 5.82 Å². The molecule has 1 aromatic carbocycles. The molecular weight excluding hydrogens is 236 g/mol. The zero-order valence-corrected chi connectivity index (χ0v) is 11.1. The molecule has 2 aromatic rings. The molecule has 1 heterocycles. The first-order valence-corrected chi connectivity index (χ1v) is 6.89. The smallest absolute Gasteiger partial charge is 0.251 e. The highest BCUT2D eigenvalue weighted by molar-refractivity contribution is 5.58. The molecule has 2 atom stereocenters. The lowest BCUT2D eigenvalue weighted by Crippen LogP contribution is -2.13. The molecule has 0 radical (unpaired) electrons. The van der Waals surface area contributed by atoms with Gasteiger partial charge in [-0.1, -0.05) is 37.3 Å². The van der Waals surface area contributed by atoms with Gasteiger partial charge < -0.3 is 4.98 Å². The minimum Gasteiger partial charge on any atom is -0.310 e. The largest absolute Gasteiger partial charge is 0.310 e. The van der Waals surface area contributed by atoms with Crippen LogP contribution in [0.2, 0.25) is 0 Å². The minimum absolute atomic E-state index is 0.0524. The van der Waals surface area contributed by atoms with E-state index >= 15 is 0 Å². The number of benzene rings is 1. The van der Waals surface area contributed by atoms with E-state index in [9.17, 15) is 4.79 Å². The second-order valence-electron chi connectivity index (χ2n) is 5.50. The molecule has 98 valence electrons. The Morgan fingerprint density at radius 1 is 1.21 bits per heavy atom. The summed E-state index contributed by atoms with van der Waals surface area (Å²) >= 11 is 0. The highest BCUT2D eigenvalue weighted by Gasteiger charge is 2.25. The van der Waals surface area contributed by atoms with Crippen LogP contribution in [0.4, 0.5) is 0 Å². The second kappa shape index (κ2) is 5.00. The lowest BCUT2D eigenvalue weighted by atomic mass is 10.0. The van der Waals surface area contributed by atoms with Gasteiger partial charge in [0.15, 0.2) is 0 Å². The molecule has 1 saturated carbocycles. The summed E-state index contributed by atoms with van der Waals surface area (Å²) in [6.07, 6.45) is 3.48. The van der Waals surface area contributed by atoms with Gasteiger partial charge in [-0.2, -0.15) is 0 Å². The quantitative estimate of drug-likeness (QED) is 0.893. The van der Waals surface area contributed by atoms with Crippen LogP contribution in [0.25, 0.3) is 11.3 Å². The summed E-state index contributed by atoms with van der Waals surface area (Å²) < 4.78 is 0. The van der Waals surface area contributed by atoms with Crippen molar-refractivity contribution in [2.24, 2.45) is 5.92 Å². The summed E-state index contributed by atoms with van der Waals surface area (Å²) in [6.45, 7) is 2.26.